The fourth-order valence-electron chi connectivity index (χ4n) is 5.09. The van der Waals surface area contributed by atoms with Crippen LogP contribution in [0.25, 0.3) is 17.3 Å². The topological polar surface area (TPSA) is 91.9 Å². The van der Waals surface area contributed by atoms with Crippen molar-refractivity contribution in [1.29, 1.82) is 0 Å². The van der Waals surface area contributed by atoms with E-state index in [0.717, 1.165) is 99.2 Å². The number of nitrogens with zero attached hydrogens (tertiary/aromatic N) is 4. The number of nitrogens with one attached hydrogen (secondary N) is 2. The minimum atomic E-state index is -0.472. The first-order valence-corrected chi connectivity index (χ1v) is 13.1. The van der Waals surface area contributed by atoms with E-state index in [0.29, 0.717) is 5.82 Å². The Kier molecular flexibility index (Phi) is 7.30. The zero-order valence-electron chi connectivity index (χ0n) is 21.3. The van der Waals surface area contributed by atoms with Gasteiger partial charge >= 0.3 is 0 Å². The van der Waals surface area contributed by atoms with Crippen molar-refractivity contribution >= 4 is 29.6 Å². The number of benzene rings is 1. The summed E-state index contributed by atoms with van der Waals surface area (Å²) in [5, 5.41) is 6.61. The first-order valence-electron chi connectivity index (χ1n) is 13.1. The van der Waals surface area contributed by atoms with E-state index < -0.39 is 6.04 Å². The highest BCUT2D eigenvalue weighted by atomic mass is 16.5. The summed E-state index contributed by atoms with van der Waals surface area (Å²) in [6, 6.07) is 14.0. The lowest BCUT2D eigenvalue weighted by atomic mass is 9.97. The molecule has 2 saturated heterocycles. The van der Waals surface area contributed by atoms with Gasteiger partial charge in [0.05, 0.1) is 37.8 Å². The van der Waals surface area contributed by atoms with Crippen molar-refractivity contribution in [1.82, 2.24) is 20.2 Å². The van der Waals surface area contributed by atoms with Gasteiger partial charge in [-0.05, 0) is 60.3 Å². The Bertz CT molecular complexity index is 1280. The van der Waals surface area contributed by atoms with E-state index >= 15 is 0 Å². The van der Waals surface area contributed by atoms with Crippen LogP contribution >= 0.6 is 0 Å². The SMILES string of the molecule is O=CC1NC=Cc2cc(-c3ccc(CN4CCOCC4)nc3)nc(Nc3ccc(N4CCOCC4)cc3)c21. The van der Waals surface area contributed by atoms with Crippen molar-refractivity contribution in [3.05, 3.63) is 71.7 Å². The van der Waals surface area contributed by atoms with Crippen molar-refractivity contribution in [3.8, 4) is 11.3 Å². The van der Waals surface area contributed by atoms with E-state index in [4.69, 9.17) is 19.4 Å². The molecule has 2 aromatic heterocycles. The Morgan fingerprint density at radius 2 is 1.76 bits per heavy atom. The van der Waals surface area contributed by atoms with Crippen LogP contribution in [0.2, 0.25) is 0 Å². The summed E-state index contributed by atoms with van der Waals surface area (Å²) in [6.45, 7) is 7.49. The van der Waals surface area contributed by atoms with E-state index in [1.165, 1.54) is 5.69 Å². The summed E-state index contributed by atoms with van der Waals surface area (Å²) in [5.74, 6) is 0.656. The Balaban J connectivity index is 1.27. The van der Waals surface area contributed by atoms with Gasteiger partial charge < -0.3 is 29.8 Å². The number of hydrogen-bond donors (Lipinski definition) is 2. The maximum atomic E-state index is 11.9. The molecule has 5 heterocycles. The Morgan fingerprint density at radius 3 is 2.47 bits per heavy atom. The highest BCUT2D eigenvalue weighted by Gasteiger charge is 2.23. The van der Waals surface area contributed by atoms with Gasteiger partial charge in [-0.15, -0.1) is 0 Å². The molecule has 1 aromatic carbocycles. The van der Waals surface area contributed by atoms with Gasteiger partial charge in [0.25, 0.3) is 0 Å². The monoisotopic (exact) mass is 512 g/mol. The smallest absolute Gasteiger partial charge is 0.146 e. The zero-order chi connectivity index (χ0) is 25.7. The van der Waals surface area contributed by atoms with Gasteiger partial charge in [-0.2, -0.15) is 0 Å². The quantitative estimate of drug-likeness (QED) is 0.462. The number of pyridine rings is 2. The molecule has 38 heavy (non-hydrogen) atoms. The predicted molar refractivity (Wildman–Crippen MR) is 147 cm³/mol. The molecule has 0 spiro atoms. The summed E-state index contributed by atoms with van der Waals surface area (Å²) in [7, 11) is 0. The molecule has 3 aliphatic rings. The standard InChI is InChI=1S/C29H32N6O3/c36-20-27-28-21(7-8-30-27)17-26(22-1-2-24(31-18-22)19-34-9-13-37-14-10-34)33-29(28)32-23-3-5-25(6-4-23)35-11-15-38-16-12-35/h1-8,17-18,20,27,30H,9-16,19H2,(H,32,33). The van der Waals surface area contributed by atoms with E-state index in [-0.39, 0.29) is 0 Å². The van der Waals surface area contributed by atoms with Crippen LogP contribution in [0.1, 0.15) is 22.9 Å². The van der Waals surface area contributed by atoms with E-state index in [2.05, 4.69) is 56.8 Å². The van der Waals surface area contributed by atoms with Gasteiger partial charge in [0, 0.05) is 61.4 Å². The molecule has 9 nitrogen and oxygen atoms in total. The molecule has 0 amide bonds. The van der Waals surface area contributed by atoms with E-state index in [1.807, 2.05) is 24.5 Å². The minimum absolute atomic E-state index is 0.472. The third kappa shape index (κ3) is 5.40. The Hall–Kier alpha value is -3.79. The first kappa shape index (κ1) is 24.5. The highest BCUT2D eigenvalue weighted by molar-refractivity contribution is 5.80. The molecule has 2 N–H and O–H groups in total. The maximum Gasteiger partial charge on any atom is 0.146 e. The van der Waals surface area contributed by atoms with Crippen molar-refractivity contribution < 1.29 is 14.3 Å². The van der Waals surface area contributed by atoms with E-state index in [9.17, 15) is 4.79 Å². The summed E-state index contributed by atoms with van der Waals surface area (Å²) in [5.41, 5.74) is 6.62. The summed E-state index contributed by atoms with van der Waals surface area (Å²) >= 11 is 0. The molecule has 1 atom stereocenters. The lowest BCUT2D eigenvalue weighted by Gasteiger charge is -2.29. The van der Waals surface area contributed by atoms with Crippen LogP contribution < -0.4 is 15.5 Å². The number of fused-ring (bicyclic) bond motifs is 1. The highest BCUT2D eigenvalue weighted by Crippen LogP contribution is 2.34. The molecule has 0 bridgehead atoms. The molecule has 9 heteroatoms. The van der Waals surface area contributed by atoms with Gasteiger partial charge in [-0.1, -0.05) is 0 Å². The fraction of sp³-hybridized carbons (Fsp3) is 0.345. The number of aromatic nitrogens is 2. The number of morpholine rings is 2. The van der Waals surface area contributed by atoms with Gasteiger partial charge in [0.1, 0.15) is 18.1 Å². The largest absolute Gasteiger partial charge is 0.379 e. The lowest BCUT2D eigenvalue weighted by Crippen LogP contribution is -2.36. The number of carbonyl (C=O) groups excluding carboxylic acids is 1. The van der Waals surface area contributed by atoms with Crippen LogP contribution in [-0.2, 0) is 20.8 Å². The molecule has 3 aliphatic heterocycles. The van der Waals surface area contributed by atoms with Crippen LogP contribution in [-0.4, -0.2) is 73.8 Å². The van der Waals surface area contributed by atoms with Gasteiger partial charge in [-0.3, -0.25) is 9.88 Å². The summed E-state index contributed by atoms with van der Waals surface area (Å²) < 4.78 is 10.9. The van der Waals surface area contributed by atoms with Crippen LogP contribution in [0.5, 0.6) is 0 Å². The summed E-state index contributed by atoms with van der Waals surface area (Å²) in [4.78, 5) is 26.3. The van der Waals surface area contributed by atoms with Crippen LogP contribution in [0.4, 0.5) is 17.2 Å². The maximum absolute atomic E-state index is 11.9. The van der Waals surface area contributed by atoms with Crippen molar-refractivity contribution in [2.45, 2.75) is 12.6 Å². The molecule has 0 aliphatic carbocycles. The molecule has 196 valence electrons. The average Bonchev–Trinajstić information content (AvgIpc) is 2.98. The first-order chi connectivity index (χ1) is 18.8. The number of rotatable bonds is 7. The van der Waals surface area contributed by atoms with Gasteiger partial charge in [0.15, 0.2) is 0 Å². The van der Waals surface area contributed by atoms with Gasteiger partial charge in [0.2, 0.25) is 0 Å². The Morgan fingerprint density at radius 1 is 1.00 bits per heavy atom. The number of aldehydes is 1. The normalized spacial score (nSPS) is 19.5. The molecule has 1 unspecified atom stereocenters. The second kappa shape index (κ2) is 11.3. The number of anilines is 3. The van der Waals surface area contributed by atoms with Crippen molar-refractivity contribution in [2.75, 3.05) is 62.8 Å². The lowest BCUT2D eigenvalue weighted by molar-refractivity contribution is -0.109. The predicted octanol–water partition coefficient (Wildman–Crippen LogP) is 3.37. The molecule has 2 fully saturated rings. The number of ether oxygens (including phenoxy) is 2. The molecular weight excluding hydrogens is 480 g/mol. The third-order valence-electron chi connectivity index (χ3n) is 7.19. The third-order valence-corrected chi connectivity index (χ3v) is 7.19. The van der Waals surface area contributed by atoms with Crippen LogP contribution in [0.15, 0.2) is 54.9 Å². The number of hydrogen-bond acceptors (Lipinski definition) is 9. The minimum Gasteiger partial charge on any atom is -0.379 e. The molecule has 6 rings (SSSR count). The van der Waals surface area contributed by atoms with Crippen LogP contribution in [0.3, 0.4) is 0 Å². The zero-order valence-corrected chi connectivity index (χ0v) is 21.3. The molecule has 3 aromatic rings. The Labute approximate surface area is 222 Å². The van der Waals surface area contributed by atoms with Crippen molar-refractivity contribution in [3.63, 3.8) is 0 Å². The second-order valence-corrected chi connectivity index (χ2v) is 9.67. The molecule has 0 radical (unpaired) electrons. The molecular formula is C29H32N6O3. The number of carbonyl (C=O) groups is 1. The van der Waals surface area contributed by atoms with Crippen LogP contribution in [0, 0.1) is 0 Å². The van der Waals surface area contributed by atoms with Crippen molar-refractivity contribution in [2.24, 2.45) is 0 Å². The van der Waals surface area contributed by atoms with E-state index in [1.54, 1.807) is 0 Å². The fourth-order valence-corrected chi connectivity index (χ4v) is 5.09. The van der Waals surface area contributed by atoms with Gasteiger partial charge in [-0.25, -0.2) is 4.98 Å². The average molecular weight is 513 g/mol. The second-order valence-electron chi connectivity index (χ2n) is 9.67. The summed E-state index contributed by atoms with van der Waals surface area (Å²) in [6.07, 6.45) is 6.59. The molecule has 0 saturated carbocycles.